The Balaban J connectivity index is 1.87. The highest BCUT2D eigenvalue weighted by atomic mass is 32.1. The maximum absolute atomic E-state index is 10.7. The van der Waals surface area contributed by atoms with Gasteiger partial charge >= 0.3 is 5.97 Å². The molecule has 0 bridgehead atoms. The lowest BCUT2D eigenvalue weighted by molar-refractivity contribution is -0.139. The molecule has 1 aromatic heterocycles. The molecule has 2 atom stereocenters. The van der Waals surface area contributed by atoms with Gasteiger partial charge in [0.1, 0.15) is 6.04 Å². The first kappa shape index (κ1) is 9.68. The van der Waals surface area contributed by atoms with Crippen LogP contribution in [0.4, 0.5) is 0 Å². The fourth-order valence-corrected chi connectivity index (χ4v) is 2.58. The molecule has 76 valence electrons. The third-order valence-corrected chi connectivity index (χ3v) is 3.36. The Hall–Kier alpha value is -0.870. The van der Waals surface area contributed by atoms with Crippen molar-refractivity contribution in [2.45, 2.75) is 18.9 Å². The van der Waals surface area contributed by atoms with Crippen molar-refractivity contribution >= 4 is 17.3 Å². The summed E-state index contributed by atoms with van der Waals surface area (Å²) in [5, 5.41) is 16.0. The van der Waals surface area contributed by atoms with E-state index in [4.69, 9.17) is 5.11 Å². The molecule has 0 amide bonds. The molecule has 0 spiro atoms. The molecule has 1 aliphatic heterocycles. The van der Waals surface area contributed by atoms with Crippen molar-refractivity contribution in [2.75, 3.05) is 6.54 Å². The Morgan fingerprint density at radius 1 is 1.71 bits per heavy atom. The number of nitrogens with one attached hydrogen (secondary N) is 1. The first-order valence-electron chi connectivity index (χ1n) is 4.73. The summed E-state index contributed by atoms with van der Waals surface area (Å²) < 4.78 is 0. The maximum Gasteiger partial charge on any atom is 0.320 e. The van der Waals surface area contributed by atoms with Crippen LogP contribution in [-0.4, -0.2) is 23.7 Å². The Kier molecular flexibility index (Phi) is 2.84. The second kappa shape index (κ2) is 4.11. The van der Waals surface area contributed by atoms with Crippen LogP contribution in [0.2, 0.25) is 0 Å². The molecule has 0 saturated carbocycles. The summed E-state index contributed by atoms with van der Waals surface area (Å²) in [6.07, 6.45) is 1.76. The summed E-state index contributed by atoms with van der Waals surface area (Å²) in [5.74, 6) is -0.247. The lowest BCUT2D eigenvalue weighted by Crippen LogP contribution is -2.29. The zero-order valence-corrected chi connectivity index (χ0v) is 8.59. The lowest BCUT2D eigenvalue weighted by atomic mass is 9.98. The van der Waals surface area contributed by atoms with E-state index in [0.717, 1.165) is 19.4 Å². The van der Waals surface area contributed by atoms with E-state index in [-0.39, 0.29) is 6.04 Å². The minimum absolute atomic E-state index is 0.335. The summed E-state index contributed by atoms with van der Waals surface area (Å²) in [6, 6.07) is 1.78. The number of rotatable bonds is 3. The van der Waals surface area contributed by atoms with Gasteiger partial charge in [-0.25, -0.2) is 0 Å². The van der Waals surface area contributed by atoms with Gasteiger partial charge in [-0.15, -0.1) is 0 Å². The van der Waals surface area contributed by atoms with Crippen LogP contribution in [0.1, 0.15) is 12.0 Å². The van der Waals surface area contributed by atoms with Gasteiger partial charge in [-0.2, -0.15) is 11.3 Å². The van der Waals surface area contributed by atoms with Crippen LogP contribution in [-0.2, 0) is 11.2 Å². The van der Waals surface area contributed by atoms with Crippen LogP contribution in [0.25, 0.3) is 0 Å². The van der Waals surface area contributed by atoms with Gasteiger partial charge in [0.05, 0.1) is 0 Å². The third-order valence-electron chi connectivity index (χ3n) is 2.62. The van der Waals surface area contributed by atoms with Gasteiger partial charge in [0.25, 0.3) is 0 Å². The van der Waals surface area contributed by atoms with Gasteiger partial charge in [-0.3, -0.25) is 4.79 Å². The largest absolute Gasteiger partial charge is 0.480 e. The zero-order valence-electron chi connectivity index (χ0n) is 7.77. The van der Waals surface area contributed by atoms with E-state index in [1.807, 2.05) is 0 Å². The summed E-state index contributed by atoms with van der Waals surface area (Å²) in [4.78, 5) is 10.7. The Labute approximate surface area is 86.8 Å². The van der Waals surface area contributed by atoms with Crippen LogP contribution >= 0.6 is 11.3 Å². The van der Waals surface area contributed by atoms with Crippen LogP contribution in [0.5, 0.6) is 0 Å². The van der Waals surface area contributed by atoms with E-state index in [9.17, 15) is 4.79 Å². The van der Waals surface area contributed by atoms with E-state index < -0.39 is 5.97 Å². The van der Waals surface area contributed by atoms with Crippen LogP contribution in [0.15, 0.2) is 16.8 Å². The Morgan fingerprint density at radius 3 is 3.14 bits per heavy atom. The topological polar surface area (TPSA) is 49.3 Å². The molecule has 14 heavy (non-hydrogen) atoms. The molecule has 2 N–H and O–H groups in total. The predicted octanol–water partition coefficient (Wildman–Crippen LogP) is 1.35. The number of carboxylic acids is 1. The molecular weight excluding hydrogens is 198 g/mol. The molecule has 1 fully saturated rings. The van der Waals surface area contributed by atoms with Gasteiger partial charge in [-0.05, 0) is 47.7 Å². The monoisotopic (exact) mass is 211 g/mol. The van der Waals surface area contributed by atoms with E-state index in [2.05, 4.69) is 22.1 Å². The lowest BCUT2D eigenvalue weighted by Gasteiger charge is -2.05. The van der Waals surface area contributed by atoms with Gasteiger partial charge in [0.2, 0.25) is 0 Å². The Morgan fingerprint density at radius 2 is 2.57 bits per heavy atom. The van der Waals surface area contributed by atoms with Crippen molar-refractivity contribution in [1.82, 2.24) is 5.32 Å². The number of aliphatic carboxylic acids is 1. The van der Waals surface area contributed by atoms with Crippen LogP contribution in [0, 0.1) is 5.92 Å². The Bertz CT molecular complexity index is 310. The molecule has 0 aromatic carbocycles. The quantitative estimate of drug-likeness (QED) is 0.793. The predicted molar refractivity (Wildman–Crippen MR) is 55.6 cm³/mol. The number of carboxylic acid groups (broad SMARTS) is 1. The molecule has 2 rings (SSSR count). The summed E-state index contributed by atoms with van der Waals surface area (Å²) in [5.41, 5.74) is 1.33. The fraction of sp³-hybridized carbons (Fsp3) is 0.500. The summed E-state index contributed by atoms with van der Waals surface area (Å²) >= 11 is 1.69. The molecule has 0 radical (unpaired) electrons. The standard InChI is InChI=1S/C10H13NO2S/c12-10(13)9-4-8(5-11-9)3-7-1-2-14-6-7/h1-2,6,8-9,11H,3-5H2,(H,12,13)/t8-,9-/m1/s1. The zero-order chi connectivity index (χ0) is 9.97. The van der Waals surface area contributed by atoms with E-state index in [1.54, 1.807) is 11.3 Å². The number of hydrogen-bond donors (Lipinski definition) is 2. The molecule has 1 saturated heterocycles. The molecule has 0 aliphatic carbocycles. The second-order valence-electron chi connectivity index (χ2n) is 3.74. The minimum Gasteiger partial charge on any atom is -0.480 e. The third kappa shape index (κ3) is 2.13. The first-order valence-corrected chi connectivity index (χ1v) is 5.67. The van der Waals surface area contributed by atoms with Crippen molar-refractivity contribution in [3.05, 3.63) is 22.4 Å². The molecule has 3 nitrogen and oxygen atoms in total. The van der Waals surface area contributed by atoms with Crippen molar-refractivity contribution in [3.63, 3.8) is 0 Å². The molecule has 2 heterocycles. The minimum atomic E-state index is -0.724. The normalized spacial score (nSPS) is 26.6. The molecule has 1 aliphatic rings. The van der Waals surface area contributed by atoms with E-state index in [1.165, 1.54) is 5.56 Å². The van der Waals surface area contributed by atoms with E-state index >= 15 is 0 Å². The van der Waals surface area contributed by atoms with Gasteiger partial charge in [0.15, 0.2) is 0 Å². The highest BCUT2D eigenvalue weighted by Crippen LogP contribution is 2.20. The second-order valence-corrected chi connectivity index (χ2v) is 4.52. The molecule has 0 unspecified atom stereocenters. The average Bonchev–Trinajstić information content (AvgIpc) is 2.75. The van der Waals surface area contributed by atoms with Crippen LogP contribution in [0.3, 0.4) is 0 Å². The maximum atomic E-state index is 10.7. The van der Waals surface area contributed by atoms with Gasteiger partial charge < -0.3 is 10.4 Å². The fourth-order valence-electron chi connectivity index (χ4n) is 1.89. The highest BCUT2D eigenvalue weighted by Gasteiger charge is 2.28. The number of hydrogen-bond acceptors (Lipinski definition) is 3. The summed E-state index contributed by atoms with van der Waals surface area (Å²) in [6.45, 7) is 0.826. The molecule has 1 aromatic rings. The van der Waals surface area contributed by atoms with Crippen molar-refractivity contribution in [3.8, 4) is 0 Å². The van der Waals surface area contributed by atoms with Crippen LogP contribution < -0.4 is 5.32 Å². The molecule has 4 heteroatoms. The summed E-state index contributed by atoms with van der Waals surface area (Å²) in [7, 11) is 0. The molecular formula is C10H13NO2S. The number of thiophene rings is 1. The van der Waals surface area contributed by atoms with Crippen molar-refractivity contribution in [1.29, 1.82) is 0 Å². The van der Waals surface area contributed by atoms with Crippen molar-refractivity contribution < 1.29 is 9.90 Å². The first-order chi connectivity index (χ1) is 6.75. The average molecular weight is 211 g/mol. The smallest absolute Gasteiger partial charge is 0.320 e. The SMILES string of the molecule is O=C(O)[C@H]1C[C@@H](Cc2ccsc2)CN1. The van der Waals surface area contributed by atoms with E-state index in [0.29, 0.717) is 5.92 Å². The van der Waals surface area contributed by atoms with Gasteiger partial charge in [-0.1, -0.05) is 0 Å². The van der Waals surface area contributed by atoms with Gasteiger partial charge in [0, 0.05) is 0 Å². The van der Waals surface area contributed by atoms with Crippen molar-refractivity contribution in [2.24, 2.45) is 5.92 Å². The number of carbonyl (C=O) groups is 1. The highest BCUT2D eigenvalue weighted by molar-refractivity contribution is 7.07.